The molecule has 0 aliphatic rings. The Morgan fingerprint density at radius 2 is 0.854 bits per heavy atom. The average Bonchev–Trinajstić information content (AvgIpc) is 2.92. The summed E-state index contributed by atoms with van der Waals surface area (Å²) >= 11 is 0. The molecule has 0 amide bonds. The number of benzene rings is 2. The first-order chi connectivity index (χ1) is 19.4. The molecule has 0 N–H and O–H groups in total. The number of rotatable bonds is 16. The predicted molar refractivity (Wildman–Crippen MR) is 144 cm³/mol. The van der Waals surface area contributed by atoms with Crippen LogP contribution in [0, 0.1) is 0 Å². The van der Waals surface area contributed by atoms with E-state index in [1.165, 1.54) is 0 Å². The van der Waals surface area contributed by atoms with E-state index < -0.39 is 40.8 Å². The van der Waals surface area contributed by atoms with E-state index in [2.05, 4.69) is 13.8 Å². The second kappa shape index (κ2) is 15.8. The van der Waals surface area contributed by atoms with Gasteiger partial charge in [-0.15, -0.1) is 0 Å². The molecule has 0 radical (unpaired) electrons. The standard InChI is InChI=1S/C31H38F6O4/c1-3-5-7-9-11-21-40-27(38)23-13-17-25(18-14-23)29(30(32,33)34,31(35,36)37)26-19-15-24(16-20-26)28(39)41-22-12-10-8-6-4-2/h13-20H,3-12,21-22H2,1-2H3. The maximum Gasteiger partial charge on any atom is 0.411 e. The van der Waals surface area contributed by atoms with E-state index in [0.717, 1.165) is 75.6 Å². The molecule has 41 heavy (non-hydrogen) atoms. The van der Waals surface area contributed by atoms with Crippen LogP contribution in [0.25, 0.3) is 0 Å². The van der Waals surface area contributed by atoms with Crippen molar-refractivity contribution in [2.24, 2.45) is 0 Å². The Bertz CT molecular complexity index is 988. The number of halogens is 6. The molecule has 0 spiro atoms. The van der Waals surface area contributed by atoms with Gasteiger partial charge in [-0.1, -0.05) is 89.5 Å². The molecule has 10 heteroatoms. The van der Waals surface area contributed by atoms with Gasteiger partial charge in [0.15, 0.2) is 0 Å². The van der Waals surface area contributed by atoms with Gasteiger partial charge in [0, 0.05) is 0 Å². The Labute approximate surface area is 237 Å². The van der Waals surface area contributed by atoms with Crippen LogP contribution in [0.1, 0.15) is 110 Å². The minimum atomic E-state index is -5.80. The molecule has 0 atom stereocenters. The van der Waals surface area contributed by atoms with Crippen molar-refractivity contribution in [1.82, 2.24) is 0 Å². The maximum absolute atomic E-state index is 14.4. The van der Waals surface area contributed by atoms with E-state index >= 15 is 0 Å². The van der Waals surface area contributed by atoms with Crippen LogP contribution in [0.2, 0.25) is 0 Å². The molecule has 4 nitrogen and oxygen atoms in total. The highest BCUT2D eigenvalue weighted by Gasteiger charge is 2.72. The number of alkyl halides is 6. The lowest BCUT2D eigenvalue weighted by Gasteiger charge is -2.38. The van der Waals surface area contributed by atoms with Gasteiger partial charge in [0.05, 0.1) is 24.3 Å². The summed E-state index contributed by atoms with van der Waals surface area (Å²) in [4.78, 5) is 24.6. The summed E-state index contributed by atoms with van der Waals surface area (Å²) in [6.07, 6.45) is -2.58. The van der Waals surface area contributed by atoms with Gasteiger partial charge in [0.25, 0.3) is 0 Å². The first-order valence-corrected chi connectivity index (χ1v) is 14.1. The molecule has 228 valence electrons. The van der Waals surface area contributed by atoms with Gasteiger partial charge < -0.3 is 9.47 Å². The average molecular weight is 589 g/mol. The predicted octanol–water partition coefficient (Wildman–Crippen LogP) is 9.35. The van der Waals surface area contributed by atoms with Gasteiger partial charge in [-0.2, -0.15) is 26.3 Å². The van der Waals surface area contributed by atoms with Crippen LogP contribution in [0.15, 0.2) is 48.5 Å². The minimum absolute atomic E-state index is 0.104. The lowest BCUT2D eigenvalue weighted by Crippen LogP contribution is -2.54. The third-order valence-electron chi connectivity index (χ3n) is 6.92. The second-order valence-electron chi connectivity index (χ2n) is 10.0. The molecule has 0 aliphatic heterocycles. The zero-order valence-corrected chi connectivity index (χ0v) is 23.5. The van der Waals surface area contributed by atoms with E-state index in [9.17, 15) is 35.9 Å². The molecule has 0 unspecified atom stereocenters. The van der Waals surface area contributed by atoms with Crippen molar-refractivity contribution >= 4 is 11.9 Å². The summed E-state index contributed by atoms with van der Waals surface area (Å²) in [5.41, 5.74) is -6.95. The van der Waals surface area contributed by atoms with Crippen LogP contribution in [0.5, 0.6) is 0 Å². The Morgan fingerprint density at radius 1 is 0.537 bits per heavy atom. The molecule has 2 aromatic rings. The number of hydrogen-bond donors (Lipinski definition) is 0. The summed E-state index contributed by atoms with van der Waals surface area (Å²) in [6, 6.07) is 6.14. The fourth-order valence-electron chi connectivity index (χ4n) is 4.60. The lowest BCUT2D eigenvalue weighted by atomic mass is 9.72. The topological polar surface area (TPSA) is 52.6 Å². The van der Waals surface area contributed by atoms with Crippen LogP contribution >= 0.6 is 0 Å². The van der Waals surface area contributed by atoms with Crippen LogP contribution < -0.4 is 0 Å². The normalized spacial score (nSPS) is 12.3. The van der Waals surface area contributed by atoms with E-state index in [1.807, 2.05) is 0 Å². The molecule has 0 bridgehead atoms. The summed E-state index contributed by atoms with van der Waals surface area (Å²) < 4.78 is 96.9. The van der Waals surface area contributed by atoms with E-state index in [1.54, 1.807) is 0 Å². The van der Waals surface area contributed by atoms with Gasteiger partial charge in [0.1, 0.15) is 0 Å². The maximum atomic E-state index is 14.4. The van der Waals surface area contributed by atoms with Crippen molar-refractivity contribution in [3.63, 3.8) is 0 Å². The molecular formula is C31H38F6O4. The van der Waals surface area contributed by atoms with Crippen LogP contribution in [-0.2, 0) is 14.9 Å². The Balaban J connectivity index is 2.27. The molecule has 0 saturated carbocycles. The SMILES string of the molecule is CCCCCCCOC(=O)c1ccc(C(c2ccc(C(=O)OCCCCCCC)cc2)(C(F)(F)F)C(F)(F)F)cc1. The van der Waals surface area contributed by atoms with E-state index in [4.69, 9.17) is 9.47 Å². The fourth-order valence-corrected chi connectivity index (χ4v) is 4.60. The fraction of sp³-hybridized carbons (Fsp3) is 0.548. The summed E-state index contributed by atoms with van der Waals surface area (Å²) in [5, 5.41) is 0. The van der Waals surface area contributed by atoms with Gasteiger partial charge >= 0.3 is 24.3 Å². The van der Waals surface area contributed by atoms with Gasteiger partial charge in [-0.05, 0) is 48.2 Å². The molecule has 2 aromatic carbocycles. The van der Waals surface area contributed by atoms with Crippen molar-refractivity contribution < 1.29 is 45.4 Å². The number of unbranched alkanes of at least 4 members (excludes halogenated alkanes) is 8. The van der Waals surface area contributed by atoms with Crippen molar-refractivity contribution in [1.29, 1.82) is 0 Å². The van der Waals surface area contributed by atoms with Crippen LogP contribution in [0.4, 0.5) is 26.3 Å². The second-order valence-corrected chi connectivity index (χ2v) is 10.0. The van der Waals surface area contributed by atoms with Crippen LogP contribution in [0.3, 0.4) is 0 Å². The monoisotopic (exact) mass is 588 g/mol. The largest absolute Gasteiger partial charge is 0.462 e. The third-order valence-corrected chi connectivity index (χ3v) is 6.92. The summed E-state index contributed by atoms with van der Waals surface area (Å²) in [5.74, 6) is -1.66. The Hall–Kier alpha value is -3.04. The van der Waals surface area contributed by atoms with Gasteiger partial charge in [-0.3, -0.25) is 0 Å². The smallest absolute Gasteiger partial charge is 0.411 e. The number of carbonyl (C=O) groups excluding carboxylic acids is 2. The number of carbonyl (C=O) groups is 2. The van der Waals surface area contributed by atoms with Crippen molar-refractivity contribution in [2.45, 2.75) is 95.8 Å². The molecule has 0 heterocycles. The zero-order chi connectivity index (χ0) is 30.5. The number of hydrogen-bond acceptors (Lipinski definition) is 4. The first kappa shape index (κ1) is 34.2. The Morgan fingerprint density at radius 3 is 1.15 bits per heavy atom. The lowest BCUT2D eigenvalue weighted by molar-refractivity contribution is -0.288. The highest BCUT2D eigenvalue weighted by atomic mass is 19.4. The third kappa shape index (κ3) is 8.97. The van der Waals surface area contributed by atoms with Crippen molar-refractivity contribution in [3.8, 4) is 0 Å². The van der Waals surface area contributed by atoms with Crippen LogP contribution in [-0.4, -0.2) is 37.5 Å². The molecule has 0 aliphatic carbocycles. The van der Waals surface area contributed by atoms with Gasteiger partial charge in [0.2, 0.25) is 5.41 Å². The zero-order valence-electron chi connectivity index (χ0n) is 23.5. The molecular weight excluding hydrogens is 550 g/mol. The van der Waals surface area contributed by atoms with Gasteiger partial charge in [-0.25, -0.2) is 9.59 Å². The van der Waals surface area contributed by atoms with Crippen molar-refractivity contribution in [2.75, 3.05) is 13.2 Å². The molecule has 2 rings (SSSR count). The van der Waals surface area contributed by atoms with E-state index in [-0.39, 0.29) is 24.3 Å². The minimum Gasteiger partial charge on any atom is -0.462 e. The summed E-state index contributed by atoms with van der Waals surface area (Å²) in [7, 11) is 0. The van der Waals surface area contributed by atoms with Crippen molar-refractivity contribution in [3.05, 3.63) is 70.8 Å². The van der Waals surface area contributed by atoms with E-state index in [0.29, 0.717) is 37.1 Å². The summed E-state index contributed by atoms with van der Waals surface area (Å²) in [6.45, 7) is 4.32. The molecule has 0 fully saturated rings. The molecule has 0 saturated heterocycles. The number of ether oxygens (including phenoxy) is 2. The Kier molecular flexibility index (Phi) is 13.2. The quantitative estimate of drug-likeness (QED) is 0.111. The number of esters is 2. The highest BCUT2D eigenvalue weighted by Crippen LogP contribution is 2.56. The first-order valence-electron chi connectivity index (χ1n) is 14.1. The highest BCUT2D eigenvalue weighted by molar-refractivity contribution is 5.90. The molecule has 0 aromatic heterocycles.